The molecule has 1 rings (SSSR count). The molecule has 0 spiro atoms. The minimum absolute atomic E-state index is 0.584. The Bertz CT molecular complexity index is 122. The van der Waals surface area contributed by atoms with Gasteiger partial charge in [-0.05, 0) is 39.0 Å². The van der Waals surface area contributed by atoms with E-state index in [0.29, 0.717) is 5.92 Å². The molecule has 0 heteroatoms. The molecule has 0 N–H and O–H groups in total. The van der Waals surface area contributed by atoms with E-state index < -0.39 is 0 Å². The maximum atomic E-state index is 4.07. The Kier molecular flexibility index (Phi) is 2.98. The smallest absolute Gasteiger partial charge is 0.0231 e. The van der Waals surface area contributed by atoms with Crippen molar-refractivity contribution < 1.29 is 0 Å². The number of allylic oxidation sites excluding steroid dienone is 2. The Morgan fingerprint density at radius 2 is 2.20 bits per heavy atom. The minimum Gasteiger partial charge on any atom is -0.0825 e. The Morgan fingerprint density at radius 1 is 1.40 bits per heavy atom. The van der Waals surface area contributed by atoms with Gasteiger partial charge in [-0.15, -0.1) is 0 Å². The van der Waals surface area contributed by atoms with Crippen LogP contribution in [0.4, 0.5) is 0 Å². The van der Waals surface area contributed by atoms with Gasteiger partial charge in [0.2, 0.25) is 0 Å². The summed E-state index contributed by atoms with van der Waals surface area (Å²) < 4.78 is 0. The van der Waals surface area contributed by atoms with E-state index >= 15 is 0 Å². The van der Waals surface area contributed by atoms with Crippen molar-refractivity contribution in [3.8, 4) is 0 Å². The normalized spacial score (nSPS) is 33.8. The highest BCUT2D eigenvalue weighted by Gasteiger charge is 2.02. The summed E-state index contributed by atoms with van der Waals surface area (Å²) in [6, 6.07) is 0. The largest absolute Gasteiger partial charge is 0.0825 e. The average molecular weight is 137 g/mol. The third-order valence-electron chi connectivity index (χ3n) is 2.17. The van der Waals surface area contributed by atoms with Crippen molar-refractivity contribution in [2.75, 3.05) is 0 Å². The van der Waals surface area contributed by atoms with E-state index in [1.54, 1.807) is 5.57 Å². The van der Waals surface area contributed by atoms with E-state index in [2.05, 4.69) is 19.9 Å². The summed E-state index contributed by atoms with van der Waals surface area (Å²) >= 11 is 0. The van der Waals surface area contributed by atoms with Gasteiger partial charge in [0, 0.05) is 0 Å². The van der Waals surface area contributed by atoms with E-state index in [4.69, 9.17) is 0 Å². The lowest BCUT2D eigenvalue weighted by Crippen LogP contribution is -1.95. The number of hydrogen-bond acceptors (Lipinski definition) is 0. The van der Waals surface area contributed by atoms with Crippen LogP contribution in [0.5, 0.6) is 0 Å². The third-order valence-corrected chi connectivity index (χ3v) is 2.17. The van der Waals surface area contributed by atoms with Crippen LogP contribution in [0.3, 0.4) is 0 Å². The molecule has 1 atom stereocenters. The first-order valence-corrected chi connectivity index (χ1v) is 4.29. The van der Waals surface area contributed by atoms with Crippen molar-refractivity contribution in [2.24, 2.45) is 5.92 Å². The summed E-state index contributed by atoms with van der Waals surface area (Å²) in [5.41, 5.74) is 1.54. The molecule has 0 saturated heterocycles. The SMILES string of the molecule is [CH2]C1/C=C(/C)CCCCC1. The van der Waals surface area contributed by atoms with Gasteiger partial charge in [0.1, 0.15) is 0 Å². The van der Waals surface area contributed by atoms with Crippen molar-refractivity contribution in [1.82, 2.24) is 0 Å². The first-order chi connectivity index (χ1) is 4.79. The molecule has 10 heavy (non-hydrogen) atoms. The molecule has 1 unspecified atom stereocenters. The Hall–Kier alpha value is -0.260. The van der Waals surface area contributed by atoms with Gasteiger partial charge in [0.25, 0.3) is 0 Å². The molecular weight excluding hydrogens is 120 g/mol. The van der Waals surface area contributed by atoms with Crippen LogP contribution in [0, 0.1) is 12.8 Å². The molecule has 0 heterocycles. The summed E-state index contributed by atoms with van der Waals surface area (Å²) in [5.74, 6) is 0.584. The molecule has 0 fully saturated rings. The van der Waals surface area contributed by atoms with Gasteiger partial charge in [-0.1, -0.05) is 24.5 Å². The molecule has 0 aliphatic heterocycles. The number of rotatable bonds is 0. The van der Waals surface area contributed by atoms with Gasteiger partial charge in [0.05, 0.1) is 0 Å². The Labute approximate surface area is 64.3 Å². The minimum atomic E-state index is 0.584. The molecule has 0 nitrogen and oxygen atoms in total. The topological polar surface area (TPSA) is 0 Å². The Balaban J connectivity index is 2.46. The summed E-state index contributed by atoms with van der Waals surface area (Å²) in [7, 11) is 0. The van der Waals surface area contributed by atoms with Crippen LogP contribution in [0.2, 0.25) is 0 Å². The van der Waals surface area contributed by atoms with Gasteiger partial charge >= 0.3 is 0 Å². The fraction of sp³-hybridized carbons (Fsp3) is 0.700. The molecule has 1 aliphatic rings. The summed E-state index contributed by atoms with van der Waals surface area (Å²) in [6.45, 7) is 6.30. The van der Waals surface area contributed by atoms with E-state index in [1.165, 1.54) is 32.1 Å². The second-order valence-corrected chi connectivity index (χ2v) is 3.37. The third kappa shape index (κ3) is 2.55. The fourth-order valence-corrected chi connectivity index (χ4v) is 1.56. The first-order valence-electron chi connectivity index (χ1n) is 4.29. The zero-order valence-electron chi connectivity index (χ0n) is 6.90. The van der Waals surface area contributed by atoms with E-state index in [1.807, 2.05) is 0 Å². The molecule has 1 aliphatic carbocycles. The average Bonchev–Trinajstić information content (AvgIpc) is 1.83. The highest BCUT2D eigenvalue weighted by molar-refractivity contribution is 5.02. The highest BCUT2D eigenvalue weighted by Crippen LogP contribution is 2.19. The van der Waals surface area contributed by atoms with Gasteiger partial charge in [0.15, 0.2) is 0 Å². The summed E-state index contributed by atoms with van der Waals surface area (Å²) in [4.78, 5) is 0. The summed E-state index contributed by atoms with van der Waals surface area (Å²) in [6.07, 6.45) is 9.08. The van der Waals surface area contributed by atoms with Crippen molar-refractivity contribution in [1.29, 1.82) is 0 Å². The second-order valence-electron chi connectivity index (χ2n) is 3.37. The lowest BCUT2D eigenvalue weighted by atomic mass is 9.94. The maximum Gasteiger partial charge on any atom is -0.0231 e. The van der Waals surface area contributed by atoms with Crippen molar-refractivity contribution in [3.63, 3.8) is 0 Å². The van der Waals surface area contributed by atoms with Crippen LogP contribution in [0.25, 0.3) is 0 Å². The van der Waals surface area contributed by atoms with E-state index in [-0.39, 0.29) is 0 Å². The highest BCUT2D eigenvalue weighted by atomic mass is 14.1. The van der Waals surface area contributed by atoms with Gasteiger partial charge < -0.3 is 0 Å². The number of hydrogen-bond donors (Lipinski definition) is 0. The lowest BCUT2D eigenvalue weighted by molar-refractivity contribution is 0.570. The molecule has 1 radical (unpaired) electrons. The van der Waals surface area contributed by atoms with Crippen molar-refractivity contribution in [3.05, 3.63) is 18.6 Å². The van der Waals surface area contributed by atoms with Gasteiger partial charge in [-0.25, -0.2) is 0 Å². The van der Waals surface area contributed by atoms with Crippen LogP contribution < -0.4 is 0 Å². The molecule has 57 valence electrons. The van der Waals surface area contributed by atoms with Crippen LogP contribution in [0.15, 0.2) is 11.6 Å². The van der Waals surface area contributed by atoms with Crippen molar-refractivity contribution in [2.45, 2.75) is 39.0 Å². The first kappa shape index (κ1) is 7.84. The van der Waals surface area contributed by atoms with Crippen LogP contribution in [0.1, 0.15) is 39.0 Å². The standard InChI is InChI=1S/C10H17/c1-9-6-4-3-5-7-10(2)8-9/h8-9H,1,3-7H2,2H3/b10-8-. The lowest BCUT2D eigenvalue weighted by Gasteiger charge is -2.12. The quantitative estimate of drug-likeness (QED) is 0.449. The maximum absolute atomic E-state index is 4.07. The van der Waals surface area contributed by atoms with E-state index in [9.17, 15) is 0 Å². The van der Waals surface area contributed by atoms with E-state index in [0.717, 1.165) is 0 Å². The van der Waals surface area contributed by atoms with Crippen molar-refractivity contribution >= 4 is 0 Å². The predicted molar refractivity (Wildman–Crippen MR) is 45.7 cm³/mol. The van der Waals surface area contributed by atoms with Gasteiger partial charge in [-0.2, -0.15) is 0 Å². The molecule has 0 aromatic carbocycles. The van der Waals surface area contributed by atoms with Crippen LogP contribution in [-0.2, 0) is 0 Å². The molecule has 0 bridgehead atoms. The molecule has 0 aromatic heterocycles. The zero-order chi connectivity index (χ0) is 7.40. The predicted octanol–water partition coefficient (Wildman–Crippen LogP) is 3.35. The monoisotopic (exact) mass is 137 g/mol. The van der Waals surface area contributed by atoms with Gasteiger partial charge in [-0.3, -0.25) is 0 Å². The fourth-order valence-electron chi connectivity index (χ4n) is 1.56. The second kappa shape index (κ2) is 3.80. The summed E-state index contributed by atoms with van der Waals surface area (Å²) in [5, 5.41) is 0. The van der Waals surface area contributed by atoms with Crippen LogP contribution >= 0.6 is 0 Å². The molecule has 0 aromatic rings. The molecule has 0 amide bonds. The molecular formula is C10H17. The molecule has 0 saturated carbocycles. The Morgan fingerprint density at radius 3 is 3.00 bits per heavy atom. The van der Waals surface area contributed by atoms with Crippen LogP contribution in [-0.4, -0.2) is 0 Å². The zero-order valence-corrected chi connectivity index (χ0v) is 6.90.